The van der Waals surface area contributed by atoms with E-state index in [9.17, 15) is 9.18 Å². The summed E-state index contributed by atoms with van der Waals surface area (Å²) in [6.07, 6.45) is -1.41. The van der Waals surface area contributed by atoms with Crippen molar-refractivity contribution < 1.29 is 9.18 Å². The van der Waals surface area contributed by atoms with Crippen molar-refractivity contribution in [3.8, 4) is 0 Å². The van der Waals surface area contributed by atoms with Crippen molar-refractivity contribution in [1.29, 1.82) is 0 Å². The highest BCUT2D eigenvalue weighted by Crippen LogP contribution is 2.15. The highest BCUT2D eigenvalue weighted by atomic mass is 28.3. The van der Waals surface area contributed by atoms with Gasteiger partial charge < -0.3 is 0 Å². The summed E-state index contributed by atoms with van der Waals surface area (Å²) in [5, 5.41) is 1.14. The van der Waals surface area contributed by atoms with E-state index >= 15 is 0 Å². The third-order valence-electron chi connectivity index (χ3n) is 2.94. The zero-order valence-corrected chi connectivity index (χ0v) is 11.5. The summed E-state index contributed by atoms with van der Waals surface area (Å²) in [7, 11) is -1.67. The lowest BCUT2D eigenvalue weighted by atomic mass is 10.3. The molecule has 1 aromatic carbocycles. The summed E-state index contributed by atoms with van der Waals surface area (Å²) >= 11 is 0. The maximum Gasteiger partial charge on any atom is 0.404 e. The van der Waals surface area contributed by atoms with Crippen LogP contribution in [0.4, 0.5) is 14.9 Å². The number of hydrogen-bond acceptors (Lipinski definition) is 1. The zero-order valence-electron chi connectivity index (χ0n) is 10.5. The fraction of sp³-hybridized carbons (Fsp3) is 0.308. The number of rotatable bonds is 4. The second kappa shape index (κ2) is 5.27. The normalized spacial score (nSPS) is 11.1. The molecule has 1 amide bonds. The van der Waals surface area contributed by atoms with Gasteiger partial charge in [0.1, 0.15) is 8.07 Å². The van der Waals surface area contributed by atoms with E-state index in [-0.39, 0.29) is 0 Å². The maximum absolute atomic E-state index is 12.8. The first kappa shape index (κ1) is 13.6. The first-order chi connectivity index (χ1) is 7.92. The molecule has 0 spiro atoms. The molecule has 0 N–H and O–H groups in total. The molecule has 0 saturated carbocycles. The van der Waals surface area contributed by atoms with Gasteiger partial charge in [-0.15, -0.1) is 11.0 Å². The smallest absolute Gasteiger partial charge is 0.285 e. The van der Waals surface area contributed by atoms with Crippen molar-refractivity contribution in [1.82, 2.24) is 0 Å². The van der Waals surface area contributed by atoms with Gasteiger partial charge in [0.15, 0.2) is 0 Å². The van der Waals surface area contributed by atoms with Crippen LogP contribution in [0.2, 0.25) is 13.1 Å². The van der Waals surface area contributed by atoms with Crippen molar-refractivity contribution in [2.45, 2.75) is 20.0 Å². The lowest BCUT2D eigenvalue weighted by Gasteiger charge is -2.22. The molecule has 0 fully saturated rings. The van der Waals surface area contributed by atoms with Gasteiger partial charge in [-0.05, 0) is 19.1 Å². The van der Waals surface area contributed by atoms with Gasteiger partial charge in [-0.1, -0.05) is 36.1 Å². The SMILES string of the molecule is C=C[Si](C)(C)c1cccc(N(CC)C(=O)F)c1. The molecule has 17 heavy (non-hydrogen) atoms. The monoisotopic (exact) mass is 251 g/mol. The molecule has 0 aromatic heterocycles. The van der Waals surface area contributed by atoms with E-state index in [0.717, 1.165) is 10.1 Å². The molecule has 2 nitrogen and oxygen atoms in total. The fourth-order valence-electron chi connectivity index (χ4n) is 1.60. The highest BCUT2D eigenvalue weighted by Gasteiger charge is 2.21. The topological polar surface area (TPSA) is 20.3 Å². The van der Waals surface area contributed by atoms with Gasteiger partial charge in [-0.3, -0.25) is 4.90 Å². The predicted molar refractivity (Wildman–Crippen MR) is 73.3 cm³/mol. The summed E-state index contributed by atoms with van der Waals surface area (Å²) in [4.78, 5) is 12.0. The van der Waals surface area contributed by atoms with Gasteiger partial charge in [0.25, 0.3) is 0 Å². The summed E-state index contributed by atoms with van der Waals surface area (Å²) in [6, 6.07) is 7.50. The Bertz CT molecular complexity index is 431. The minimum Gasteiger partial charge on any atom is -0.285 e. The molecule has 92 valence electrons. The molecule has 4 heteroatoms. The molecule has 0 aliphatic rings. The van der Waals surface area contributed by atoms with E-state index in [1.165, 1.54) is 0 Å². The van der Waals surface area contributed by atoms with Crippen molar-refractivity contribution in [3.05, 3.63) is 36.5 Å². The molecule has 0 heterocycles. The zero-order chi connectivity index (χ0) is 13.1. The van der Waals surface area contributed by atoms with E-state index in [1.807, 2.05) is 23.9 Å². The quantitative estimate of drug-likeness (QED) is 0.457. The minimum atomic E-state index is -1.67. The standard InChI is InChI=1S/C13H18FNOSi/c1-5-15(13(14)16)11-8-7-9-12(10-11)17(3,4)6-2/h6-10H,2,5H2,1,3-4H3. The highest BCUT2D eigenvalue weighted by molar-refractivity contribution is 6.93. The van der Waals surface area contributed by atoms with Gasteiger partial charge in [-0.25, -0.2) is 4.79 Å². The number of halogens is 1. The van der Waals surface area contributed by atoms with Crippen LogP contribution in [0.25, 0.3) is 0 Å². The lowest BCUT2D eigenvalue weighted by Crippen LogP contribution is -2.40. The number of amides is 1. The molecule has 0 radical (unpaired) electrons. The van der Waals surface area contributed by atoms with E-state index in [1.54, 1.807) is 13.0 Å². The Morgan fingerprint density at radius 1 is 1.53 bits per heavy atom. The Morgan fingerprint density at radius 3 is 2.65 bits per heavy atom. The second-order valence-corrected chi connectivity index (χ2v) is 8.90. The Kier molecular flexibility index (Phi) is 4.23. The van der Waals surface area contributed by atoms with Crippen molar-refractivity contribution in [2.75, 3.05) is 11.4 Å². The third kappa shape index (κ3) is 3.03. The van der Waals surface area contributed by atoms with Crippen molar-refractivity contribution in [3.63, 3.8) is 0 Å². The van der Waals surface area contributed by atoms with Crippen LogP contribution in [0, 0.1) is 0 Å². The largest absolute Gasteiger partial charge is 0.404 e. The van der Waals surface area contributed by atoms with E-state index < -0.39 is 14.2 Å². The first-order valence-corrected chi connectivity index (χ1v) is 8.71. The van der Waals surface area contributed by atoms with Gasteiger partial charge in [0.2, 0.25) is 0 Å². The van der Waals surface area contributed by atoms with Crippen molar-refractivity contribution in [2.24, 2.45) is 0 Å². The summed E-state index contributed by atoms with van der Waals surface area (Å²) in [5.41, 5.74) is 2.58. The van der Waals surface area contributed by atoms with Gasteiger partial charge in [0.05, 0.1) is 0 Å². The van der Waals surface area contributed by atoms with E-state index in [4.69, 9.17) is 0 Å². The Balaban J connectivity index is 3.17. The van der Waals surface area contributed by atoms with Crippen LogP contribution in [0.5, 0.6) is 0 Å². The number of hydrogen-bond donors (Lipinski definition) is 0. The van der Waals surface area contributed by atoms with Crippen LogP contribution in [-0.4, -0.2) is 20.8 Å². The molecule has 0 atom stereocenters. The summed E-state index contributed by atoms with van der Waals surface area (Å²) in [5.74, 6) is 0. The van der Waals surface area contributed by atoms with E-state index in [2.05, 4.69) is 19.7 Å². The average molecular weight is 251 g/mol. The Morgan fingerprint density at radius 2 is 2.18 bits per heavy atom. The summed E-state index contributed by atoms with van der Waals surface area (Å²) in [6.45, 7) is 10.2. The first-order valence-electron chi connectivity index (χ1n) is 5.63. The predicted octanol–water partition coefficient (Wildman–Crippen LogP) is 3.24. The molecule has 0 bridgehead atoms. The number of nitrogens with zero attached hydrogens (tertiary/aromatic N) is 1. The summed E-state index contributed by atoms with van der Waals surface area (Å²) < 4.78 is 12.8. The van der Waals surface area contributed by atoms with Crippen LogP contribution >= 0.6 is 0 Å². The number of carbonyl (C=O) groups excluding carboxylic acids is 1. The van der Waals surface area contributed by atoms with Gasteiger partial charge >= 0.3 is 6.16 Å². The fourth-order valence-corrected chi connectivity index (χ4v) is 2.88. The molecular formula is C13H18FNOSi. The number of benzene rings is 1. The van der Waals surface area contributed by atoms with Crippen LogP contribution in [0.1, 0.15) is 6.92 Å². The molecule has 0 aliphatic carbocycles. The second-order valence-electron chi connectivity index (χ2n) is 4.47. The van der Waals surface area contributed by atoms with Gasteiger partial charge in [0, 0.05) is 12.2 Å². The van der Waals surface area contributed by atoms with E-state index in [0.29, 0.717) is 12.2 Å². The Labute approximate surface area is 103 Å². The van der Waals surface area contributed by atoms with Crippen LogP contribution in [-0.2, 0) is 0 Å². The molecule has 0 aliphatic heterocycles. The molecule has 0 unspecified atom stereocenters. The van der Waals surface area contributed by atoms with Crippen molar-refractivity contribution >= 4 is 25.1 Å². The average Bonchev–Trinajstić information content (AvgIpc) is 2.30. The van der Waals surface area contributed by atoms with Crippen LogP contribution in [0.3, 0.4) is 0 Å². The minimum absolute atomic E-state index is 0.328. The third-order valence-corrected chi connectivity index (χ3v) is 5.76. The number of anilines is 1. The number of carbonyl (C=O) groups is 1. The lowest BCUT2D eigenvalue weighted by molar-refractivity contribution is 0.228. The maximum atomic E-state index is 12.8. The molecular weight excluding hydrogens is 233 g/mol. The van der Waals surface area contributed by atoms with Gasteiger partial charge in [-0.2, -0.15) is 0 Å². The molecule has 1 rings (SSSR count). The van der Waals surface area contributed by atoms with Crippen LogP contribution < -0.4 is 10.1 Å². The Hall–Kier alpha value is -1.42. The molecule has 1 aromatic rings. The van der Waals surface area contributed by atoms with Crippen LogP contribution in [0.15, 0.2) is 36.5 Å². The molecule has 0 saturated heterocycles.